The number of unbranched alkanes of at least 4 members (excludes halogenated alkanes) is 3. The minimum Gasteiger partial charge on any atom is -0.301 e. The fourth-order valence-electron chi connectivity index (χ4n) is 2.02. The lowest BCUT2D eigenvalue weighted by atomic mass is 10.1. The maximum atomic E-state index is 3.87. The van der Waals surface area contributed by atoms with E-state index in [1.165, 1.54) is 45.4 Å². The van der Waals surface area contributed by atoms with Crippen molar-refractivity contribution in [1.82, 2.24) is 9.80 Å². The molecule has 0 aromatic heterocycles. The van der Waals surface area contributed by atoms with Crippen molar-refractivity contribution in [3.8, 4) is 0 Å². The zero-order valence-electron chi connectivity index (χ0n) is 9.84. The number of rotatable bonds is 5. The summed E-state index contributed by atoms with van der Waals surface area (Å²) in [6.45, 7) is 11.2. The predicted molar refractivity (Wildman–Crippen MR) is 62.4 cm³/mol. The molecule has 1 unspecified atom stereocenters. The molecule has 1 rings (SSSR count). The normalized spacial score (nSPS) is 25.5. The highest BCUT2D eigenvalue weighted by molar-refractivity contribution is 4.76. The van der Waals surface area contributed by atoms with Crippen LogP contribution in [0.4, 0.5) is 0 Å². The van der Waals surface area contributed by atoms with Gasteiger partial charge in [0.1, 0.15) is 0 Å². The Balaban J connectivity index is 2.07. The van der Waals surface area contributed by atoms with E-state index in [-0.39, 0.29) is 0 Å². The number of piperazine rings is 1. The van der Waals surface area contributed by atoms with E-state index >= 15 is 0 Å². The summed E-state index contributed by atoms with van der Waals surface area (Å²) in [4.78, 5) is 5.06. The van der Waals surface area contributed by atoms with Crippen LogP contribution in [-0.4, -0.2) is 49.1 Å². The molecule has 1 radical (unpaired) electrons. The summed E-state index contributed by atoms with van der Waals surface area (Å²) in [6, 6.07) is 0.733. The second-order valence-corrected chi connectivity index (χ2v) is 4.54. The lowest BCUT2D eigenvalue weighted by molar-refractivity contribution is 0.104. The van der Waals surface area contributed by atoms with Gasteiger partial charge >= 0.3 is 0 Å². The van der Waals surface area contributed by atoms with Crippen molar-refractivity contribution in [2.45, 2.75) is 38.6 Å². The summed E-state index contributed by atoms with van der Waals surface area (Å²) in [6.07, 6.45) is 5.10. The van der Waals surface area contributed by atoms with Crippen molar-refractivity contribution in [3.05, 3.63) is 6.92 Å². The molecule has 2 nitrogen and oxygen atoms in total. The molecule has 0 spiro atoms. The quantitative estimate of drug-likeness (QED) is 0.622. The van der Waals surface area contributed by atoms with Crippen LogP contribution in [0.1, 0.15) is 32.6 Å². The van der Waals surface area contributed by atoms with Gasteiger partial charge in [-0.1, -0.05) is 26.2 Å². The molecule has 0 aromatic rings. The zero-order chi connectivity index (χ0) is 10.4. The first-order chi connectivity index (χ1) is 6.74. The zero-order valence-corrected chi connectivity index (χ0v) is 9.84. The Morgan fingerprint density at radius 2 is 2.00 bits per heavy atom. The number of likely N-dealkylation sites (N-methyl/N-ethyl adjacent to an activating group) is 1. The fraction of sp³-hybridized carbons (Fsp3) is 0.917. The van der Waals surface area contributed by atoms with Gasteiger partial charge in [-0.25, -0.2) is 0 Å². The van der Waals surface area contributed by atoms with E-state index in [2.05, 4.69) is 30.7 Å². The van der Waals surface area contributed by atoms with Crippen molar-refractivity contribution in [2.75, 3.05) is 33.2 Å². The van der Waals surface area contributed by atoms with E-state index in [4.69, 9.17) is 0 Å². The molecule has 1 fully saturated rings. The van der Waals surface area contributed by atoms with Gasteiger partial charge < -0.3 is 9.80 Å². The Labute approximate surface area is 89.3 Å². The highest BCUT2D eigenvalue weighted by Gasteiger charge is 2.19. The molecule has 1 saturated heterocycles. The summed E-state index contributed by atoms with van der Waals surface area (Å²) in [7, 11) is 2.23. The largest absolute Gasteiger partial charge is 0.301 e. The van der Waals surface area contributed by atoms with Gasteiger partial charge in [-0.05, 0) is 26.9 Å². The molecule has 1 atom stereocenters. The summed E-state index contributed by atoms with van der Waals surface area (Å²) in [5.74, 6) is 0. The monoisotopic (exact) mass is 197 g/mol. The first kappa shape index (κ1) is 12.0. The Kier molecular flexibility index (Phi) is 5.49. The first-order valence-corrected chi connectivity index (χ1v) is 5.96. The average Bonchev–Trinajstić information content (AvgIpc) is 2.18. The van der Waals surface area contributed by atoms with Crippen LogP contribution in [0, 0.1) is 6.92 Å². The maximum Gasteiger partial charge on any atom is 0.0192 e. The molecule has 1 aliphatic heterocycles. The minimum atomic E-state index is 0.733. The number of nitrogens with zero attached hydrogens (tertiary/aromatic N) is 2. The third kappa shape index (κ3) is 3.97. The van der Waals surface area contributed by atoms with Gasteiger partial charge in [0, 0.05) is 25.7 Å². The summed E-state index contributed by atoms with van der Waals surface area (Å²) in [5, 5.41) is 0. The van der Waals surface area contributed by atoms with Crippen LogP contribution in [-0.2, 0) is 0 Å². The Morgan fingerprint density at radius 3 is 2.64 bits per heavy atom. The van der Waals surface area contributed by atoms with Crippen molar-refractivity contribution >= 4 is 0 Å². The van der Waals surface area contributed by atoms with Gasteiger partial charge in [0.15, 0.2) is 0 Å². The van der Waals surface area contributed by atoms with Gasteiger partial charge in [0.2, 0.25) is 0 Å². The van der Waals surface area contributed by atoms with Crippen LogP contribution in [0.5, 0.6) is 0 Å². The van der Waals surface area contributed by atoms with Crippen LogP contribution >= 0.6 is 0 Å². The van der Waals surface area contributed by atoms with Gasteiger partial charge in [-0.3, -0.25) is 0 Å². The van der Waals surface area contributed by atoms with Crippen LogP contribution in [0.3, 0.4) is 0 Å². The Bertz CT molecular complexity index is 147. The second kappa shape index (κ2) is 6.41. The predicted octanol–water partition coefficient (Wildman–Crippen LogP) is 2.02. The van der Waals surface area contributed by atoms with Gasteiger partial charge in [0.05, 0.1) is 0 Å². The van der Waals surface area contributed by atoms with Crippen molar-refractivity contribution < 1.29 is 0 Å². The molecular formula is C12H25N2. The van der Waals surface area contributed by atoms with Gasteiger partial charge in [0.25, 0.3) is 0 Å². The highest BCUT2D eigenvalue weighted by Crippen LogP contribution is 2.08. The van der Waals surface area contributed by atoms with Gasteiger partial charge in [-0.15, -0.1) is 0 Å². The average molecular weight is 197 g/mol. The molecule has 0 aliphatic carbocycles. The van der Waals surface area contributed by atoms with E-state index in [1.54, 1.807) is 0 Å². The molecule has 2 heteroatoms. The number of hydrogen-bond acceptors (Lipinski definition) is 2. The lowest BCUT2D eigenvalue weighted by Crippen LogP contribution is -2.50. The molecule has 0 amide bonds. The summed E-state index contributed by atoms with van der Waals surface area (Å²) < 4.78 is 0. The van der Waals surface area contributed by atoms with E-state index in [1.807, 2.05) is 0 Å². The molecule has 0 bridgehead atoms. The third-order valence-electron chi connectivity index (χ3n) is 3.27. The van der Waals surface area contributed by atoms with E-state index in [0.717, 1.165) is 12.5 Å². The van der Waals surface area contributed by atoms with Crippen LogP contribution in [0.15, 0.2) is 0 Å². The molecule has 14 heavy (non-hydrogen) atoms. The fourth-order valence-corrected chi connectivity index (χ4v) is 2.02. The summed E-state index contributed by atoms with van der Waals surface area (Å²) >= 11 is 0. The topological polar surface area (TPSA) is 6.48 Å². The molecule has 1 aliphatic rings. The summed E-state index contributed by atoms with van der Waals surface area (Å²) in [5.41, 5.74) is 0. The molecule has 0 saturated carbocycles. The van der Waals surface area contributed by atoms with E-state index in [0.29, 0.717) is 0 Å². The highest BCUT2D eigenvalue weighted by atomic mass is 15.3. The SMILES string of the molecule is [CH2]CCCCCN1CCN(C)C(C)C1. The Hall–Kier alpha value is -0.0800. The van der Waals surface area contributed by atoms with Crippen molar-refractivity contribution in [3.63, 3.8) is 0 Å². The lowest BCUT2D eigenvalue weighted by Gasteiger charge is -2.37. The standard InChI is InChI=1S/C12H25N2/c1-4-5-6-7-8-14-10-9-13(3)12(2)11-14/h12H,1,4-11H2,2-3H3. The smallest absolute Gasteiger partial charge is 0.0192 e. The minimum absolute atomic E-state index is 0.733. The third-order valence-corrected chi connectivity index (χ3v) is 3.27. The first-order valence-electron chi connectivity index (χ1n) is 5.96. The van der Waals surface area contributed by atoms with Crippen LogP contribution < -0.4 is 0 Å². The maximum absolute atomic E-state index is 3.87. The molecule has 83 valence electrons. The van der Waals surface area contributed by atoms with Gasteiger partial charge in [-0.2, -0.15) is 0 Å². The van der Waals surface area contributed by atoms with E-state index in [9.17, 15) is 0 Å². The second-order valence-electron chi connectivity index (χ2n) is 4.54. The van der Waals surface area contributed by atoms with Crippen molar-refractivity contribution in [1.29, 1.82) is 0 Å². The number of hydrogen-bond donors (Lipinski definition) is 0. The molecule has 1 heterocycles. The van der Waals surface area contributed by atoms with Crippen LogP contribution in [0.25, 0.3) is 0 Å². The van der Waals surface area contributed by atoms with E-state index < -0.39 is 0 Å². The van der Waals surface area contributed by atoms with Crippen LogP contribution in [0.2, 0.25) is 0 Å². The van der Waals surface area contributed by atoms with Crippen molar-refractivity contribution in [2.24, 2.45) is 0 Å². The molecule has 0 aromatic carbocycles. The molecule has 0 N–H and O–H groups in total. The Morgan fingerprint density at radius 1 is 1.21 bits per heavy atom. The molecular weight excluding hydrogens is 172 g/mol.